The average Bonchev–Trinajstić information content (AvgIpc) is 3.13. The van der Waals surface area contributed by atoms with E-state index >= 15 is 0 Å². The first-order valence-corrected chi connectivity index (χ1v) is 11.5. The Morgan fingerprint density at radius 3 is 2.16 bits per heavy atom. The van der Waals surface area contributed by atoms with Gasteiger partial charge in [0, 0.05) is 10.0 Å². The molecule has 0 amide bonds. The Labute approximate surface area is 196 Å². The van der Waals surface area contributed by atoms with Crippen LogP contribution in [0.25, 0.3) is 21.9 Å². The summed E-state index contributed by atoms with van der Waals surface area (Å²) >= 11 is 3.71. The van der Waals surface area contributed by atoms with Crippen LogP contribution in [-0.2, 0) is 5.41 Å². The fraction of sp³-hybridized carbons (Fsp3) is 0.0323. The molecule has 1 heteroatoms. The molecule has 0 saturated heterocycles. The van der Waals surface area contributed by atoms with E-state index in [9.17, 15) is 0 Å². The Morgan fingerprint density at radius 1 is 0.562 bits per heavy atom. The molecule has 32 heavy (non-hydrogen) atoms. The van der Waals surface area contributed by atoms with Crippen LogP contribution >= 0.6 is 15.9 Å². The van der Waals surface area contributed by atoms with Crippen LogP contribution in [-0.4, -0.2) is 0 Å². The third-order valence-electron chi connectivity index (χ3n) is 6.36. The van der Waals surface area contributed by atoms with E-state index < -0.39 is 5.41 Å². The fourth-order valence-electron chi connectivity index (χ4n) is 4.89. The lowest BCUT2D eigenvalue weighted by atomic mass is 9.73. The van der Waals surface area contributed by atoms with Gasteiger partial charge in [-0.1, -0.05) is 119 Å². The van der Waals surface area contributed by atoms with Gasteiger partial charge in [-0.3, -0.25) is 0 Å². The van der Waals surface area contributed by atoms with Gasteiger partial charge in [0.1, 0.15) is 5.41 Å². The van der Waals surface area contributed by atoms with Gasteiger partial charge in [-0.15, -0.1) is 0 Å². The Morgan fingerprint density at radius 2 is 1.28 bits per heavy atom. The van der Waals surface area contributed by atoms with Crippen molar-refractivity contribution < 1.29 is 0 Å². The monoisotopic (exact) mass is 470 g/mol. The number of benzene rings is 5. The summed E-state index contributed by atoms with van der Waals surface area (Å²) in [4.78, 5) is 0. The summed E-state index contributed by atoms with van der Waals surface area (Å²) < 4.78 is 1.07. The second-order valence-corrected chi connectivity index (χ2v) is 9.08. The lowest BCUT2D eigenvalue weighted by Crippen LogP contribution is -2.25. The summed E-state index contributed by atoms with van der Waals surface area (Å²) in [5.41, 5.74) is 6.67. The highest BCUT2D eigenvalue weighted by Gasteiger charge is 2.43. The van der Waals surface area contributed by atoms with E-state index in [4.69, 9.17) is 0 Å². The Kier molecular flexibility index (Phi) is 4.49. The van der Waals surface area contributed by atoms with Crippen molar-refractivity contribution in [2.75, 3.05) is 0 Å². The summed E-state index contributed by atoms with van der Waals surface area (Å²) in [6.07, 6.45) is 0. The molecule has 0 heterocycles. The van der Waals surface area contributed by atoms with Crippen LogP contribution in [0.4, 0.5) is 0 Å². The quantitative estimate of drug-likeness (QED) is 0.218. The van der Waals surface area contributed by atoms with E-state index in [1.54, 1.807) is 0 Å². The summed E-state index contributed by atoms with van der Waals surface area (Å²) in [7, 11) is 0. The molecule has 0 fully saturated rings. The van der Waals surface area contributed by atoms with Crippen LogP contribution in [0.15, 0.2) is 120 Å². The lowest BCUT2D eigenvalue weighted by Gasteiger charge is -2.27. The lowest BCUT2D eigenvalue weighted by molar-refractivity contribution is 0.836. The summed E-state index contributed by atoms with van der Waals surface area (Å²) in [6.45, 7) is 0. The zero-order valence-electron chi connectivity index (χ0n) is 17.3. The Balaban J connectivity index is 1.65. The van der Waals surface area contributed by atoms with E-state index in [2.05, 4.69) is 143 Å². The summed E-state index contributed by atoms with van der Waals surface area (Å²) in [5, 5.41) is 2.44. The fourth-order valence-corrected chi connectivity index (χ4v) is 5.25. The molecule has 0 spiro atoms. The summed E-state index contributed by atoms with van der Waals surface area (Å²) in [6, 6.07) is 40.8. The van der Waals surface area contributed by atoms with Crippen molar-refractivity contribution >= 4 is 26.7 Å². The standard InChI is InChI=1S/C31H19Br/c32-26-16-17-28-27-12-6-7-13-29(27)31(30(28)21-26,25-10-2-1-3-11-25)19-18-22-14-15-23-8-4-5-9-24(23)20-22/h1-17,20-21H. The van der Waals surface area contributed by atoms with Crippen LogP contribution in [0.3, 0.4) is 0 Å². The Hall–Kier alpha value is -3.60. The van der Waals surface area contributed by atoms with Crippen molar-refractivity contribution in [2.24, 2.45) is 0 Å². The largest absolute Gasteiger partial charge is 0.108 e. The zero-order valence-corrected chi connectivity index (χ0v) is 18.9. The predicted molar refractivity (Wildman–Crippen MR) is 137 cm³/mol. The first-order chi connectivity index (χ1) is 15.8. The highest BCUT2D eigenvalue weighted by atomic mass is 79.9. The molecule has 1 atom stereocenters. The third kappa shape index (κ3) is 2.92. The predicted octanol–water partition coefficient (Wildman–Crippen LogP) is 7.97. The van der Waals surface area contributed by atoms with E-state index in [1.807, 2.05) is 0 Å². The van der Waals surface area contributed by atoms with Crippen LogP contribution in [0.2, 0.25) is 0 Å². The van der Waals surface area contributed by atoms with Crippen molar-refractivity contribution in [1.29, 1.82) is 0 Å². The van der Waals surface area contributed by atoms with E-state index in [1.165, 1.54) is 38.6 Å². The normalized spacial score (nSPS) is 16.2. The molecule has 0 nitrogen and oxygen atoms in total. The molecule has 6 rings (SSSR count). The topological polar surface area (TPSA) is 0 Å². The van der Waals surface area contributed by atoms with Gasteiger partial charge in [0.2, 0.25) is 0 Å². The maximum Gasteiger partial charge on any atom is 0.108 e. The maximum atomic E-state index is 3.76. The Bertz CT molecular complexity index is 1540. The molecule has 0 bridgehead atoms. The number of rotatable bonds is 1. The molecule has 0 N–H and O–H groups in total. The summed E-state index contributed by atoms with van der Waals surface area (Å²) in [5.74, 6) is 7.32. The number of fused-ring (bicyclic) bond motifs is 4. The van der Waals surface area contributed by atoms with Gasteiger partial charge < -0.3 is 0 Å². The highest BCUT2D eigenvalue weighted by molar-refractivity contribution is 9.10. The van der Waals surface area contributed by atoms with Crippen molar-refractivity contribution in [3.8, 4) is 23.0 Å². The highest BCUT2D eigenvalue weighted by Crippen LogP contribution is 2.52. The minimum Gasteiger partial charge on any atom is -0.0764 e. The minimum absolute atomic E-state index is 0.525. The molecule has 5 aromatic carbocycles. The molecule has 1 aliphatic rings. The molecule has 1 unspecified atom stereocenters. The van der Waals surface area contributed by atoms with Crippen molar-refractivity contribution in [3.05, 3.63) is 142 Å². The van der Waals surface area contributed by atoms with Gasteiger partial charge in [-0.25, -0.2) is 0 Å². The van der Waals surface area contributed by atoms with Crippen LogP contribution in [0.1, 0.15) is 22.3 Å². The van der Waals surface area contributed by atoms with Gasteiger partial charge in [0.15, 0.2) is 0 Å². The average molecular weight is 471 g/mol. The molecule has 0 saturated carbocycles. The second kappa shape index (κ2) is 7.52. The maximum absolute atomic E-state index is 3.76. The first kappa shape index (κ1) is 19.1. The van der Waals surface area contributed by atoms with Gasteiger partial charge >= 0.3 is 0 Å². The third-order valence-corrected chi connectivity index (χ3v) is 6.85. The molecule has 0 aromatic heterocycles. The molecular formula is C31H19Br. The molecule has 0 aliphatic heterocycles. The van der Waals surface area contributed by atoms with Crippen LogP contribution in [0.5, 0.6) is 0 Å². The van der Waals surface area contributed by atoms with Gasteiger partial charge in [0.05, 0.1) is 0 Å². The second-order valence-electron chi connectivity index (χ2n) is 8.16. The number of hydrogen-bond acceptors (Lipinski definition) is 0. The van der Waals surface area contributed by atoms with Crippen molar-refractivity contribution in [3.63, 3.8) is 0 Å². The van der Waals surface area contributed by atoms with Gasteiger partial charge in [-0.2, -0.15) is 0 Å². The molecule has 5 aromatic rings. The van der Waals surface area contributed by atoms with Crippen LogP contribution in [0, 0.1) is 11.8 Å². The molecule has 1 aliphatic carbocycles. The molecule has 0 radical (unpaired) electrons. The first-order valence-electron chi connectivity index (χ1n) is 10.7. The van der Waals surface area contributed by atoms with Crippen LogP contribution < -0.4 is 0 Å². The van der Waals surface area contributed by atoms with E-state index in [0.717, 1.165) is 10.0 Å². The van der Waals surface area contributed by atoms with Crippen molar-refractivity contribution in [2.45, 2.75) is 5.41 Å². The molecule has 150 valence electrons. The smallest absolute Gasteiger partial charge is 0.0764 e. The minimum atomic E-state index is -0.525. The van der Waals surface area contributed by atoms with E-state index in [0.29, 0.717) is 0 Å². The number of halogens is 1. The van der Waals surface area contributed by atoms with Crippen molar-refractivity contribution in [1.82, 2.24) is 0 Å². The number of hydrogen-bond donors (Lipinski definition) is 0. The van der Waals surface area contributed by atoms with Gasteiger partial charge in [0.25, 0.3) is 0 Å². The van der Waals surface area contributed by atoms with E-state index in [-0.39, 0.29) is 0 Å². The van der Waals surface area contributed by atoms with Gasteiger partial charge in [-0.05, 0) is 62.9 Å². The molecular weight excluding hydrogens is 452 g/mol. The zero-order chi connectivity index (χ0) is 21.5. The SMILES string of the molecule is Brc1ccc2c(c1)C(C#Cc1ccc3ccccc3c1)(c1ccccc1)c1ccccc1-2.